The number of allylic oxidation sites excluding steroid dienone is 1. The molecule has 2 aromatic rings. The Balaban J connectivity index is 1.82. The van der Waals surface area contributed by atoms with Crippen LogP contribution in [0.5, 0.6) is 0 Å². The van der Waals surface area contributed by atoms with Crippen LogP contribution < -0.4 is 31.3 Å². The highest BCUT2D eigenvalue weighted by Gasteiger charge is 2.40. The van der Waals surface area contributed by atoms with Gasteiger partial charge in [-0.25, -0.2) is 0 Å². The number of unbranched alkanes of at least 4 members (excludes halogenated alkanes) is 2. The van der Waals surface area contributed by atoms with Gasteiger partial charge in [-0.3, -0.25) is 43.1 Å². The highest BCUT2D eigenvalue weighted by atomic mass is 32.2. The number of hydrogen-bond donors (Lipinski definition) is 6. The zero-order valence-electron chi connectivity index (χ0n) is 40.5. The second-order valence-corrected chi connectivity index (χ2v) is 19.1. The molecule has 0 aliphatic rings. The van der Waals surface area contributed by atoms with Crippen molar-refractivity contribution in [1.82, 2.24) is 41.1 Å². The Kier molecular flexibility index (Phi) is 23.6. The van der Waals surface area contributed by atoms with E-state index in [-0.39, 0.29) is 61.5 Å². The second-order valence-electron chi connectivity index (χ2n) is 18.2. The van der Waals surface area contributed by atoms with Gasteiger partial charge in [0, 0.05) is 62.1 Å². The van der Waals surface area contributed by atoms with Gasteiger partial charge in [-0.1, -0.05) is 103 Å². The lowest BCUT2D eigenvalue weighted by molar-refractivity contribution is -0.139. The number of rotatable bonds is 26. The molecular weight excluding hydrogens is 861 g/mol. The summed E-state index contributed by atoms with van der Waals surface area (Å²) in [4.78, 5) is 105. The first-order valence-corrected chi connectivity index (χ1v) is 23.1. The Morgan fingerprint density at radius 3 is 2.02 bits per heavy atom. The average molecular weight is 933 g/mol. The molecule has 17 heteroatoms. The number of carbonyl (C=O) groups excluding carboxylic acids is 8. The summed E-state index contributed by atoms with van der Waals surface area (Å²) < 4.78 is 2.81. The maximum absolute atomic E-state index is 13.8. The second kappa shape index (κ2) is 27.6. The highest BCUT2D eigenvalue weighted by Crippen LogP contribution is 2.28. The Labute approximate surface area is 395 Å². The van der Waals surface area contributed by atoms with Gasteiger partial charge in [-0.15, -0.1) is 0 Å². The summed E-state index contributed by atoms with van der Waals surface area (Å²) >= 11 is 1.12. The summed E-state index contributed by atoms with van der Waals surface area (Å²) in [6.07, 6.45) is 6.68. The highest BCUT2D eigenvalue weighted by molar-refractivity contribution is 7.98. The number of carbonyl (C=O) groups is 8. The molecule has 16 nitrogen and oxygen atoms in total. The fraction of sp³-hybridized carbons (Fsp3) is 0.510. The van der Waals surface area contributed by atoms with Crippen molar-refractivity contribution in [2.24, 2.45) is 11.3 Å². The zero-order chi connectivity index (χ0) is 49.6. The molecule has 0 saturated heterocycles. The molecule has 0 aliphatic heterocycles. The summed E-state index contributed by atoms with van der Waals surface area (Å²) in [6.45, 7) is 15.5. The first-order chi connectivity index (χ1) is 31.0. The predicted octanol–water partition coefficient (Wildman–Crippen LogP) is 3.96. The number of aldehydes is 1. The van der Waals surface area contributed by atoms with Crippen molar-refractivity contribution < 1.29 is 38.4 Å². The van der Waals surface area contributed by atoms with E-state index < -0.39 is 40.8 Å². The molecule has 6 N–H and O–H groups in total. The van der Waals surface area contributed by atoms with E-state index in [9.17, 15) is 38.4 Å². The van der Waals surface area contributed by atoms with Crippen molar-refractivity contribution in [3.8, 4) is 0 Å². The first kappa shape index (κ1) is 56.3. The van der Waals surface area contributed by atoms with Gasteiger partial charge >= 0.3 is 0 Å². The van der Waals surface area contributed by atoms with Gasteiger partial charge in [-0.05, 0) is 79.4 Å². The van der Waals surface area contributed by atoms with Crippen LogP contribution in [0.1, 0.15) is 92.2 Å². The largest absolute Gasteiger partial charge is 0.350 e. The van der Waals surface area contributed by atoms with E-state index in [2.05, 4.69) is 31.3 Å². The Morgan fingerprint density at radius 2 is 1.42 bits per heavy atom. The van der Waals surface area contributed by atoms with Crippen LogP contribution in [0.15, 0.2) is 83.3 Å². The van der Waals surface area contributed by atoms with E-state index in [4.69, 9.17) is 0 Å². The van der Waals surface area contributed by atoms with Crippen LogP contribution >= 0.6 is 11.9 Å². The third kappa shape index (κ3) is 19.0. The van der Waals surface area contributed by atoms with Crippen molar-refractivity contribution >= 4 is 59.6 Å². The van der Waals surface area contributed by atoms with Crippen molar-refractivity contribution in [2.45, 2.75) is 116 Å². The number of nitrogens with zero attached hydrogens (tertiary/aromatic N) is 2. The fourth-order valence-corrected chi connectivity index (χ4v) is 7.40. The molecular formula is C49H72N8O8S. The van der Waals surface area contributed by atoms with Gasteiger partial charge in [0.1, 0.15) is 18.4 Å². The van der Waals surface area contributed by atoms with Crippen molar-refractivity contribution in [3.63, 3.8) is 0 Å². The monoisotopic (exact) mass is 933 g/mol. The Bertz CT molecular complexity index is 2010. The average Bonchev–Trinajstić information content (AvgIpc) is 3.28. The molecule has 2 rings (SSSR count). The molecule has 66 heavy (non-hydrogen) atoms. The summed E-state index contributed by atoms with van der Waals surface area (Å²) in [7, 11) is 5.00. The minimum absolute atomic E-state index is 0.144. The van der Waals surface area contributed by atoms with Gasteiger partial charge in [0.2, 0.25) is 35.4 Å². The Morgan fingerprint density at radius 1 is 0.773 bits per heavy atom. The number of nitrogens with one attached hydrogen (secondary N) is 6. The van der Waals surface area contributed by atoms with E-state index in [0.29, 0.717) is 37.7 Å². The zero-order valence-corrected chi connectivity index (χ0v) is 41.4. The Hall–Kier alpha value is -5.81. The lowest BCUT2D eigenvalue weighted by atomic mass is 9.76. The van der Waals surface area contributed by atoms with Crippen LogP contribution in [0.2, 0.25) is 0 Å². The summed E-state index contributed by atoms with van der Waals surface area (Å²) in [5, 5.41) is 14.3. The van der Waals surface area contributed by atoms with E-state index in [1.807, 2.05) is 65.0 Å². The van der Waals surface area contributed by atoms with E-state index >= 15 is 0 Å². The van der Waals surface area contributed by atoms with Gasteiger partial charge in [0.25, 0.3) is 5.91 Å². The predicted molar refractivity (Wildman–Crippen MR) is 258 cm³/mol. The molecule has 3 unspecified atom stereocenters. The van der Waals surface area contributed by atoms with Crippen LogP contribution in [0.3, 0.4) is 0 Å². The van der Waals surface area contributed by atoms with Crippen molar-refractivity contribution in [3.05, 3.63) is 89.5 Å². The van der Waals surface area contributed by atoms with Gasteiger partial charge in [-0.2, -0.15) is 0 Å². The van der Waals surface area contributed by atoms with Crippen LogP contribution in [-0.4, -0.2) is 116 Å². The third-order valence-electron chi connectivity index (χ3n) is 11.1. The lowest BCUT2D eigenvalue weighted by Gasteiger charge is -2.38. The molecule has 0 spiro atoms. The van der Waals surface area contributed by atoms with Crippen LogP contribution in [0, 0.1) is 11.3 Å². The molecule has 0 bridgehead atoms. The smallest absolute Gasteiger partial charge is 0.256 e. The number of benzene rings is 2. The van der Waals surface area contributed by atoms with E-state index in [1.165, 1.54) is 15.9 Å². The van der Waals surface area contributed by atoms with Crippen LogP contribution in [-0.2, 0) is 50.3 Å². The van der Waals surface area contributed by atoms with Crippen LogP contribution in [0.4, 0.5) is 0 Å². The molecule has 0 fully saturated rings. The van der Waals surface area contributed by atoms with Gasteiger partial charge in [0.05, 0.1) is 12.6 Å². The van der Waals surface area contributed by atoms with Crippen molar-refractivity contribution in [1.29, 1.82) is 0 Å². The maximum Gasteiger partial charge on any atom is 0.256 e. The maximum atomic E-state index is 13.8. The van der Waals surface area contributed by atoms with Gasteiger partial charge in [0.15, 0.2) is 0 Å². The topological polar surface area (TPSA) is 215 Å². The fourth-order valence-electron chi connectivity index (χ4n) is 6.76. The molecule has 0 saturated carbocycles. The molecule has 3 atom stereocenters. The normalized spacial score (nSPS) is 13.2. The van der Waals surface area contributed by atoms with E-state index in [1.54, 1.807) is 72.3 Å². The minimum Gasteiger partial charge on any atom is -0.350 e. The van der Waals surface area contributed by atoms with E-state index in [0.717, 1.165) is 34.0 Å². The standard InChI is InChI=1S/C49H72N8O8S/c1-33(2)41(53-38(59)21-16-13-17-28-56(10)40(61)22-18-30-58)45(63)52-32-39(60)51-31-35-23-25-37(26-24-35)66-55-44(62)34(3)27-29-57(11)47(65)43(48(4,5)6)54-46(64)42(50-9)49(7,8)36-19-14-12-15-20-36/h12,14-15,18-20,22-27,30,33,41-43,50H,13,16-17,21,28-29,31-32H2,1-11H3,(H,51,60)(H,52,63)(H,53,59)(H,54,64)(H,55,62)/b22-18-,34-27+. The molecule has 0 heterocycles. The molecule has 0 radical (unpaired) electrons. The number of amides is 7. The number of hydrogen-bond acceptors (Lipinski definition) is 10. The SMILES string of the molecule is CNC(C(=O)NC(C(=O)N(C)C/C=C(\C)C(=O)NSc1ccc(CNC(=O)CNC(=O)C(NC(=O)CCCCCN(C)C(=O)/C=C\C=O)C(C)C)cc1)C(C)(C)C)C(C)(C)c1ccccc1. The van der Waals surface area contributed by atoms with Crippen LogP contribution in [0.25, 0.3) is 0 Å². The number of likely N-dealkylation sites (N-methyl/N-ethyl adjacent to an activating group) is 3. The first-order valence-electron chi connectivity index (χ1n) is 22.2. The minimum atomic E-state index is -0.829. The third-order valence-corrected chi connectivity index (χ3v) is 11.8. The molecule has 362 valence electrons. The quantitative estimate of drug-likeness (QED) is 0.0346. The summed E-state index contributed by atoms with van der Waals surface area (Å²) in [5.41, 5.74) is 1.01. The lowest BCUT2D eigenvalue weighted by Crippen LogP contribution is -2.60. The van der Waals surface area contributed by atoms with Crippen molar-refractivity contribution in [2.75, 3.05) is 40.8 Å². The summed E-state index contributed by atoms with van der Waals surface area (Å²) in [5.74, 6) is -2.57. The molecule has 0 aliphatic carbocycles. The molecule has 0 aromatic heterocycles. The molecule has 7 amide bonds. The summed E-state index contributed by atoms with van der Waals surface area (Å²) in [6, 6.07) is 14.7. The molecule has 2 aromatic carbocycles. The van der Waals surface area contributed by atoms with Gasteiger partial charge < -0.3 is 36.4 Å².